The Morgan fingerprint density at radius 2 is 2.04 bits per heavy atom. The number of rotatable bonds is 6. The molecule has 1 N–H and O–H groups in total. The molecule has 2 unspecified atom stereocenters. The van der Waals surface area contributed by atoms with E-state index in [0.717, 1.165) is 24.5 Å². The smallest absolute Gasteiger partial charge is 0.287 e. The summed E-state index contributed by atoms with van der Waals surface area (Å²) in [6.45, 7) is 6.53. The van der Waals surface area contributed by atoms with E-state index in [2.05, 4.69) is 29.0 Å². The van der Waals surface area contributed by atoms with E-state index in [0.29, 0.717) is 18.9 Å². The monoisotopic (exact) mass is 359 g/mol. The van der Waals surface area contributed by atoms with Gasteiger partial charge in [-0.25, -0.2) is 4.98 Å². The van der Waals surface area contributed by atoms with Crippen LogP contribution in [0.4, 0.5) is 5.82 Å². The molecule has 0 aliphatic carbocycles. The fraction of sp³-hybridized carbons (Fsp3) is 0.474. The second-order valence-electron chi connectivity index (χ2n) is 6.57. The number of aromatic nitrogens is 1. The molecule has 2 aromatic heterocycles. The average molecular weight is 359 g/mol. The molecule has 7 heteroatoms. The number of hydrogen-bond donors (Lipinski definition) is 1. The zero-order chi connectivity index (χ0) is 18.5. The van der Waals surface area contributed by atoms with Crippen LogP contribution >= 0.6 is 0 Å². The lowest BCUT2D eigenvalue weighted by atomic mass is 10.2. The molecule has 0 bridgehead atoms. The molecule has 140 valence electrons. The number of carbonyl (C=O) groups is 1. The third-order valence-electron chi connectivity index (χ3n) is 4.18. The topological polar surface area (TPSA) is 76.8 Å². The fourth-order valence-electron chi connectivity index (χ4n) is 3.06. The number of furan rings is 1. The van der Waals surface area contributed by atoms with E-state index in [4.69, 9.17) is 13.9 Å². The number of carbonyl (C=O) groups excluding carboxylic acids is 1. The Morgan fingerprint density at radius 1 is 1.27 bits per heavy atom. The van der Waals surface area contributed by atoms with Crippen LogP contribution in [0.1, 0.15) is 35.7 Å². The van der Waals surface area contributed by atoms with Crippen molar-refractivity contribution in [3.63, 3.8) is 0 Å². The number of amides is 1. The summed E-state index contributed by atoms with van der Waals surface area (Å²) in [6.07, 6.45) is 2.17. The normalized spacial score (nSPS) is 20.2. The predicted octanol–water partition coefficient (Wildman–Crippen LogP) is 2.36. The number of ether oxygens (including phenoxy) is 2. The van der Waals surface area contributed by atoms with Gasteiger partial charge in [0, 0.05) is 32.9 Å². The number of methoxy groups -OCH3 is 1. The molecule has 1 aliphatic heterocycles. The Morgan fingerprint density at radius 3 is 2.69 bits per heavy atom. The van der Waals surface area contributed by atoms with Crippen molar-refractivity contribution in [1.82, 2.24) is 10.3 Å². The number of nitrogens with one attached hydrogen (secondary N) is 1. The molecule has 0 spiro atoms. The lowest BCUT2D eigenvalue weighted by molar-refractivity contribution is -0.00546. The molecule has 0 radical (unpaired) electrons. The highest BCUT2D eigenvalue weighted by Crippen LogP contribution is 2.18. The van der Waals surface area contributed by atoms with Gasteiger partial charge >= 0.3 is 0 Å². The van der Waals surface area contributed by atoms with Crippen molar-refractivity contribution in [3.8, 4) is 0 Å². The fourth-order valence-corrected chi connectivity index (χ4v) is 3.06. The minimum atomic E-state index is -0.257. The Labute approximate surface area is 153 Å². The Bertz CT molecular complexity index is 719. The van der Waals surface area contributed by atoms with Crippen molar-refractivity contribution in [2.75, 3.05) is 25.1 Å². The quantitative estimate of drug-likeness (QED) is 0.853. The van der Waals surface area contributed by atoms with Gasteiger partial charge in [-0.1, -0.05) is 6.07 Å². The Balaban J connectivity index is 1.54. The summed E-state index contributed by atoms with van der Waals surface area (Å²) in [6, 6.07) is 7.34. The maximum absolute atomic E-state index is 12.1. The highest BCUT2D eigenvalue weighted by atomic mass is 16.5. The van der Waals surface area contributed by atoms with Crippen molar-refractivity contribution in [2.45, 2.75) is 39.2 Å². The molecule has 0 saturated carbocycles. The molecule has 1 amide bonds. The van der Waals surface area contributed by atoms with Crippen molar-refractivity contribution in [2.24, 2.45) is 0 Å². The second kappa shape index (κ2) is 8.33. The van der Waals surface area contributed by atoms with Crippen molar-refractivity contribution >= 4 is 11.7 Å². The van der Waals surface area contributed by atoms with Gasteiger partial charge in [0.25, 0.3) is 5.91 Å². The maximum atomic E-state index is 12.1. The number of morpholine rings is 1. The largest absolute Gasteiger partial charge is 0.453 e. The summed E-state index contributed by atoms with van der Waals surface area (Å²) in [5.74, 6) is 1.57. The predicted molar refractivity (Wildman–Crippen MR) is 97.1 cm³/mol. The van der Waals surface area contributed by atoms with Crippen LogP contribution in [0, 0.1) is 0 Å². The Kier molecular flexibility index (Phi) is 5.90. The average Bonchev–Trinajstić information content (AvgIpc) is 3.08. The highest BCUT2D eigenvalue weighted by Gasteiger charge is 2.23. The first-order chi connectivity index (χ1) is 12.5. The molecule has 1 fully saturated rings. The highest BCUT2D eigenvalue weighted by molar-refractivity contribution is 5.91. The molecular formula is C19H25N3O4. The van der Waals surface area contributed by atoms with E-state index in [1.54, 1.807) is 25.4 Å². The molecule has 7 nitrogen and oxygen atoms in total. The van der Waals surface area contributed by atoms with Crippen LogP contribution in [0.2, 0.25) is 0 Å². The van der Waals surface area contributed by atoms with Gasteiger partial charge in [0.05, 0.1) is 12.2 Å². The first-order valence-corrected chi connectivity index (χ1v) is 8.76. The number of anilines is 1. The molecule has 1 aliphatic rings. The second-order valence-corrected chi connectivity index (χ2v) is 6.57. The van der Waals surface area contributed by atoms with E-state index in [1.807, 2.05) is 12.1 Å². The summed E-state index contributed by atoms with van der Waals surface area (Å²) in [5, 5.41) is 2.84. The van der Waals surface area contributed by atoms with Gasteiger partial charge in [0.1, 0.15) is 18.2 Å². The molecule has 2 aromatic rings. The molecule has 2 atom stereocenters. The van der Waals surface area contributed by atoms with Crippen LogP contribution in [0.25, 0.3) is 0 Å². The number of hydrogen-bond acceptors (Lipinski definition) is 6. The first-order valence-electron chi connectivity index (χ1n) is 8.76. The van der Waals surface area contributed by atoms with E-state index in [1.165, 1.54) is 0 Å². The summed E-state index contributed by atoms with van der Waals surface area (Å²) >= 11 is 0. The van der Waals surface area contributed by atoms with Gasteiger partial charge in [0.2, 0.25) is 0 Å². The van der Waals surface area contributed by atoms with E-state index < -0.39 is 0 Å². The summed E-state index contributed by atoms with van der Waals surface area (Å²) < 4.78 is 16.2. The lowest BCUT2D eigenvalue weighted by Gasteiger charge is -2.36. The third-order valence-corrected chi connectivity index (χ3v) is 4.18. The van der Waals surface area contributed by atoms with Gasteiger partial charge in [-0.05, 0) is 37.6 Å². The molecular weight excluding hydrogens is 334 g/mol. The van der Waals surface area contributed by atoms with Gasteiger partial charge < -0.3 is 24.1 Å². The molecule has 26 heavy (non-hydrogen) atoms. The van der Waals surface area contributed by atoms with Crippen LogP contribution in [-0.2, 0) is 22.6 Å². The summed E-state index contributed by atoms with van der Waals surface area (Å²) in [7, 11) is 1.58. The van der Waals surface area contributed by atoms with Crippen molar-refractivity contribution < 1.29 is 18.7 Å². The van der Waals surface area contributed by atoms with Crippen molar-refractivity contribution in [1.29, 1.82) is 0 Å². The van der Waals surface area contributed by atoms with Gasteiger partial charge in [-0.2, -0.15) is 0 Å². The zero-order valence-corrected chi connectivity index (χ0v) is 15.4. The van der Waals surface area contributed by atoms with E-state index in [-0.39, 0.29) is 23.9 Å². The Hall–Kier alpha value is -2.38. The zero-order valence-electron chi connectivity index (χ0n) is 15.4. The standard InChI is InChI=1S/C19H25N3O4/c1-13-10-22(11-14(2)25-13)18-7-4-15(8-20-18)9-21-19(23)17-6-5-16(26-17)12-24-3/h4-8,13-14H,9-12H2,1-3H3,(H,21,23). The molecule has 1 saturated heterocycles. The molecule has 0 aromatic carbocycles. The summed E-state index contributed by atoms with van der Waals surface area (Å²) in [4.78, 5) is 18.9. The maximum Gasteiger partial charge on any atom is 0.287 e. The van der Waals surface area contributed by atoms with E-state index >= 15 is 0 Å². The third kappa shape index (κ3) is 4.62. The first kappa shape index (κ1) is 18.4. The minimum Gasteiger partial charge on any atom is -0.453 e. The van der Waals surface area contributed by atoms with Gasteiger partial charge in [-0.3, -0.25) is 4.79 Å². The number of pyridine rings is 1. The minimum absolute atomic E-state index is 0.191. The van der Waals surface area contributed by atoms with Crippen LogP contribution in [0.3, 0.4) is 0 Å². The molecule has 3 heterocycles. The summed E-state index contributed by atoms with van der Waals surface area (Å²) in [5.41, 5.74) is 0.931. The van der Waals surface area contributed by atoms with Crippen molar-refractivity contribution in [3.05, 3.63) is 47.5 Å². The SMILES string of the molecule is COCc1ccc(C(=O)NCc2ccc(N3CC(C)OC(C)C3)nc2)o1. The van der Waals surface area contributed by atoms with Crippen LogP contribution in [0.15, 0.2) is 34.9 Å². The van der Waals surface area contributed by atoms with Gasteiger partial charge in [0.15, 0.2) is 5.76 Å². The van der Waals surface area contributed by atoms with Crippen LogP contribution in [-0.4, -0.2) is 43.3 Å². The van der Waals surface area contributed by atoms with Crippen LogP contribution in [0.5, 0.6) is 0 Å². The molecule has 3 rings (SSSR count). The number of nitrogens with zero attached hydrogens (tertiary/aromatic N) is 2. The van der Waals surface area contributed by atoms with E-state index in [9.17, 15) is 4.79 Å². The lowest BCUT2D eigenvalue weighted by Crippen LogP contribution is -2.45. The van der Waals surface area contributed by atoms with Crippen LogP contribution < -0.4 is 10.2 Å². The van der Waals surface area contributed by atoms with Gasteiger partial charge in [-0.15, -0.1) is 0 Å².